The van der Waals surface area contributed by atoms with Crippen molar-refractivity contribution in [3.8, 4) is 0 Å². The molecule has 0 amide bonds. The van der Waals surface area contributed by atoms with E-state index in [1.165, 1.54) is 25.7 Å². The number of rotatable bonds is 6. The van der Waals surface area contributed by atoms with Crippen LogP contribution >= 0.6 is 11.6 Å². The van der Waals surface area contributed by atoms with E-state index in [4.69, 9.17) is 16.3 Å². The second-order valence-corrected chi connectivity index (χ2v) is 5.35. The Morgan fingerprint density at radius 3 is 2.64 bits per heavy atom. The molecule has 1 fully saturated rings. The number of halogens is 1. The molecule has 0 N–H and O–H groups in total. The lowest BCUT2D eigenvalue weighted by molar-refractivity contribution is 0.111. The molecule has 14 heavy (non-hydrogen) atoms. The summed E-state index contributed by atoms with van der Waals surface area (Å²) in [4.78, 5) is 0. The van der Waals surface area contributed by atoms with Gasteiger partial charge in [-0.05, 0) is 37.5 Å². The van der Waals surface area contributed by atoms with Crippen LogP contribution in [0.2, 0.25) is 0 Å². The third-order valence-electron chi connectivity index (χ3n) is 3.04. The zero-order valence-electron chi connectivity index (χ0n) is 9.47. The molecule has 1 rings (SSSR count). The van der Waals surface area contributed by atoms with E-state index in [2.05, 4.69) is 13.8 Å². The van der Waals surface area contributed by atoms with Gasteiger partial charge in [-0.25, -0.2) is 0 Å². The Hall–Kier alpha value is 0.250. The molecule has 0 aromatic heterocycles. The summed E-state index contributed by atoms with van der Waals surface area (Å²) in [6, 6.07) is 0. The third kappa shape index (κ3) is 4.65. The molecular weight excluding hydrogens is 196 g/mol. The molecule has 2 unspecified atom stereocenters. The van der Waals surface area contributed by atoms with Crippen molar-refractivity contribution in [2.24, 2.45) is 11.8 Å². The van der Waals surface area contributed by atoms with Crippen molar-refractivity contribution in [2.75, 3.05) is 13.2 Å². The van der Waals surface area contributed by atoms with Gasteiger partial charge in [0.15, 0.2) is 0 Å². The summed E-state index contributed by atoms with van der Waals surface area (Å²) in [5.41, 5.74) is 0. The minimum atomic E-state index is 0.420. The van der Waals surface area contributed by atoms with Gasteiger partial charge in [0.05, 0.1) is 0 Å². The van der Waals surface area contributed by atoms with Crippen LogP contribution in [0.3, 0.4) is 0 Å². The van der Waals surface area contributed by atoms with Gasteiger partial charge in [-0.3, -0.25) is 0 Å². The highest BCUT2D eigenvalue weighted by Crippen LogP contribution is 2.32. The van der Waals surface area contributed by atoms with Crippen LogP contribution in [-0.2, 0) is 4.74 Å². The SMILES string of the molecule is CC(C)CCOCCC1CCCC1Cl. The van der Waals surface area contributed by atoms with E-state index in [0.717, 1.165) is 31.5 Å². The summed E-state index contributed by atoms with van der Waals surface area (Å²) in [7, 11) is 0. The molecule has 2 atom stereocenters. The fraction of sp³-hybridized carbons (Fsp3) is 1.00. The first-order valence-electron chi connectivity index (χ1n) is 5.92. The van der Waals surface area contributed by atoms with Crippen molar-refractivity contribution < 1.29 is 4.74 Å². The lowest BCUT2D eigenvalue weighted by Gasteiger charge is -2.13. The lowest BCUT2D eigenvalue weighted by atomic mass is 10.0. The smallest absolute Gasteiger partial charge is 0.0469 e. The Balaban J connectivity index is 1.93. The maximum atomic E-state index is 6.19. The molecule has 0 aromatic rings. The third-order valence-corrected chi connectivity index (χ3v) is 3.61. The minimum Gasteiger partial charge on any atom is -0.381 e. The molecule has 0 spiro atoms. The van der Waals surface area contributed by atoms with E-state index in [-0.39, 0.29) is 0 Å². The molecule has 84 valence electrons. The van der Waals surface area contributed by atoms with Crippen molar-refractivity contribution in [1.29, 1.82) is 0 Å². The largest absolute Gasteiger partial charge is 0.381 e. The van der Waals surface area contributed by atoms with Crippen LogP contribution in [0.4, 0.5) is 0 Å². The van der Waals surface area contributed by atoms with E-state index in [1.54, 1.807) is 0 Å². The topological polar surface area (TPSA) is 9.23 Å². The second kappa shape index (κ2) is 6.68. The number of hydrogen-bond acceptors (Lipinski definition) is 1. The molecular formula is C12H23ClO. The van der Waals surface area contributed by atoms with Crippen LogP contribution in [0.15, 0.2) is 0 Å². The second-order valence-electron chi connectivity index (χ2n) is 4.79. The average molecular weight is 219 g/mol. The maximum absolute atomic E-state index is 6.19. The van der Waals surface area contributed by atoms with Gasteiger partial charge in [0.25, 0.3) is 0 Å². The first-order valence-corrected chi connectivity index (χ1v) is 6.35. The molecule has 1 saturated carbocycles. The van der Waals surface area contributed by atoms with Crippen LogP contribution in [0.1, 0.15) is 46.0 Å². The number of alkyl halides is 1. The van der Waals surface area contributed by atoms with Gasteiger partial charge in [-0.15, -0.1) is 11.6 Å². The zero-order chi connectivity index (χ0) is 10.4. The van der Waals surface area contributed by atoms with Crippen LogP contribution in [0, 0.1) is 11.8 Å². The van der Waals surface area contributed by atoms with Crippen molar-refractivity contribution >= 4 is 11.6 Å². The van der Waals surface area contributed by atoms with E-state index in [0.29, 0.717) is 5.38 Å². The molecule has 0 radical (unpaired) electrons. The zero-order valence-corrected chi connectivity index (χ0v) is 10.2. The van der Waals surface area contributed by atoms with Crippen molar-refractivity contribution in [3.63, 3.8) is 0 Å². The number of ether oxygens (including phenoxy) is 1. The Bertz CT molecular complexity index is 147. The highest BCUT2D eigenvalue weighted by Gasteiger charge is 2.24. The average Bonchev–Trinajstić information content (AvgIpc) is 2.51. The van der Waals surface area contributed by atoms with Gasteiger partial charge in [0.1, 0.15) is 0 Å². The van der Waals surface area contributed by atoms with Gasteiger partial charge in [-0.1, -0.05) is 20.3 Å². The lowest BCUT2D eigenvalue weighted by Crippen LogP contribution is -2.11. The standard InChI is InChI=1S/C12H23ClO/c1-10(2)6-8-14-9-7-11-4-3-5-12(11)13/h10-12H,3-9H2,1-2H3. The van der Waals surface area contributed by atoms with E-state index < -0.39 is 0 Å². The van der Waals surface area contributed by atoms with Crippen molar-refractivity contribution in [3.05, 3.63) is 0 Å². The summed E-state index contributed by atoms with van der Waals surface area (Å²) in [5.74, 6) is 1.47. The molecule has 0 heterocycles. The van der Waals surface area contributed by atoms with Crippen LogP contribution in [0.5, 0.6) is 0 Å². The predicted molar refractivity (Wildman–Crippen MR) is 61.9 cm³/mol. The summed E-state index contributed by atoms with van der Waals surface area (Å²) in [5, 5.41) is 0.420. The van der Waals surface area contributed by atoms with Crippen LogP contribution in [0.25, 0.3) is 0 Å². The summed E-state index contributed by atoms with van der Waals surface area (Å²) >= 11 is 6.19. The first kappa shape index (κ1) is 12.3. The molecule has 0 saturated heterocycles. The Morgan fingerprint density at radius 2 is 2.07 bits per heavy atom. The monoisotopic (exact) mass is 218 g/mol. The van der Waals surface area contributed by atoms with Crippen molar-refractivity contribution in [2.45, 2.75) is 51.3 Å². The predicted octanol–water partition coefficient (Wildman–Crippen LogP) is 3.85. The Morgan fingerprint density at radius 1 is 1.29 bits per heavy atom. The maximum Gasteiger partial charge on any atom is 0.0469 e. The highest BCUT2D eigenvalue weighted by atomic mass is 35.5. The van der Waals surface area contributed by atoms with Crippen molar-refractivity contribution in [1.82, 2.24) is 0 Å². The van der Waals surface area contributed by atoms with Gasteiger partial charge in [0, 0.05) is 18.6 Å². The number of hydrogen-bond donors (Lipinski definition) is 0. The van der Waals surface area contributed by atoms with E-state index in [1.807, 2.05) is 0 Å². The van der Waals surface area contributed by atoms with Gasteiger partial charge < -0.3 is 4.74 Å². The quantitative estimate of drug-likeness (QED) is 0.486. The van der Waals surface area contributed by atoms with Gasteiger partial charge >= 0.3 is 0 Å². The minimum absolute atomic E-state index is 0.420. The van der Waals surface area contributed by atoms with E-state index >= 15 is 0 Å². The normalized spacial score (nSPS) is 27.4. The molecule has 0 aliphatic heterocycles. The van der Waals surface area contributed by atoms with Crippen LogP contribution in [-0.4, -0.2) is 18.6 Å². The Labute approximate surface area is 93.2 Å². The summed E-state index contributed by atoms with van der Waals surface area (Å²) in [6.45, 7) is 6.28. The molecule has 1 nitrogen and oxygen atoms in total. The molecule has 0 aromatic carbocycles. The molecule has 0 bridgehead atoms. The molecule has 1 aliphatic carbocycles. The molecule has 2 heteroatoms. The summed E-state index contributed by atoms with van der Waals surface area (Å²) in [6.07, 6.45) is 6.16. The van der Waals surface area contributed by atoms with E-state index in [9.17, 15) is 0 Å². The first-order chi connectivity index (χ1) is 6.70. The summed E-state index contributed by atoms with van der Waals surface area (Å²) < 4.78 is 5.60. The van der Waals surface area contributed by atoms with Crippen LogP contribution < -0.4 is 0 Å². The fourth-order valence-corrected chi connectivity index (χ4v) is 2.38. The fourth-order valence-electron chi connectivity index (χ4n) is 1.97. The highest BCUT2D eigenvalue weighted by molar-refractivity contribution is 6.20. The van der Waals surface area contributed by atoms with Gasteiger partial charge in [-0.2, -0.15) is 0 Å². The Kier molecular flexibility index (Phi) is 5.88. The molecule has 1 aliphatic rings. The van der Waals surface area contributed by atoms with Gasteiger partial charge in [0.2, 0.25) is 0 Å².